The summed E-state index contributed by atoms with van der Waals surface area (Å²) >= 11 is 1.79. The maximum atomic E-state index is 5.04. The first-order chi connectivity index (χ1) is 11.6. The number of benzene rings is 1. The molecule has 1 aliphatic rings. The van der Waals surface area contributed by atoms with Crippen molar-refractivity contribution in [2.24, 2.45) is 0 Å². The summed E-state index contributed by atoms with van der Waals surface area (Å²) in [6.07, 6.45) is 3.53. The van der Waals surface area contributed by atoms with E-state index >= 15 is 0 Å². The Labute approximate surface area is 147 Å². The van der Waals surface area contributed by atoms with Gasteiger partial charge < -0.3 is 5.32 Å². The van der Waals surface area contributed by atoms with Crippen molar-refractivity contribution < 1.29 is 0 Å². The van der Waals surface area contributed by atoms with E-state index in [-0.39, 0.29) is 0 Å². The van der Waals surface area contributed by atoms with Crippen molar-refractivity contribution in [2.75, 3.05) is 11.9 Å². The van der Waals surface area contributed by atoms with Gasteiger partial charge in [-0.1, -0.05) is 17.7 Å². The van der Waals surface area contributed by atoms with E-state index in [9.17, 15) is 0 Å². The van der Waals surface area contributed by atoms with Crippen LogP contribution >= 0.6 is 11.3 Å². The first kappa shape index (κ1) is 15.5. The number of anilines is 1. The van der Waals surface area contributed by atoms with Gasteiger partial charge in [-0.15, -0.1) is 11.3 Å². The van der Waals surface area contributed by atoms with E-state index in [4.69, 9.17) is 5.10 Å². The van der Waals surface area contributed by atoms with E-state index < -0.39 is 0 Å². The number of thiophene rings is 1. The van der Waals surface area contributed by atoms with Gasteiger partial charge in [0.1, 0.15) is 11.5 Å². The minimum atomic E-state index is 1.02. The summed E-state index contributed by atoms with van der Waals surface area (Å²) < 4.78 is 2.12. The average Bonchev–Trinajstić information content (AvgIpc) is 3.03. The monoisotopic (exact) mass is 337 g/mol. The molecule has 124 valence electrons. The van der Waals surface area contributed by atoms with Gasteiger partial charge in [0.15, 0.2) is 0 Å². The van der Waals surface area contributed by atoms with Crippen molar-refractivity contribution in [2.45, 2.75) is 40.0 Å². The van der Waals surface area contributed by atoms with Crippen molar-refractivity contribution in [3.63, 3.8) is 0 Å². The van der Waals surface area contributed by atoms with E-state index in [0.717, 1.165) is 18.7 Å². The summed E-state index contributed by atoms with van der Waals surface area (Å²) in [5.74, 6) is 1.18. The van der Waals surface area contributed by atoms with E-state index in [0.29, 0.717) is 0 Å². The van der Waals surface area contributed by atoms with Gasteiger partial charge in [0, 0.05) is 12.1 Å². The fourth-order valence-corrected chi connectivity index (χ4v) is 4.38. The lowest BCUT2D eigenvalue weighted by Gasteiger charge is -2.12. The topological polar surface area (TPSA) is 29.9 Å². The molecular weight excluding hydrogens is 314 g/mol. The molecule has 2 aromatic heterocycles. The maximum Gasteiger partial charge on any atom is 0.133 e. The Morgan fingerprint density at radius 2 is 1.96 bits per heavy atom. The summed E-state index contributed by atoms with van der Waals surface area (Å²) in [5, 5.41) is 10.9. The zero-order chi connectivity index (χ0) is 16.7. The average molecular weight is 337 g/mol. The molecule has 0 amide bonds. The SMILES string of the molecule is Cc1csc(-c2nn(-c3ccc(C)cc3C)c3c2CCCCN3)c1. The summed E-state index contributed by atoms with van der Waals surface area (Å²) in [5.41, 5.74) is 7.56. The van der Waals surface area contributed by atoms with Crippen LogP contribution in [-0.4, -0.2) is 16.3 Å². The number of fused-ring (bicyclic) bond motifs is 1. The molecule has 0 fully saturated rings. The van der Waals surface area contributed by atoms with Crippen LogP contribution in [0.15, 0.2) is 29.6 Å². The lowest BCUT2D eigenvalue weighted by atomic mass is 10.1. The molecule has 0 radical (unpaired) electrons. The third kappa shape index (κ3) is 2.65. The van der Waals surface area contributed by atoms with Crippen LogP contribution in [0.25, 0.3) is 16.3 Å². The zero-order valence-corrected chi connectivity index (χ0v) is 15.3. The highest BCUT2D eigenvalue weighted by molar-refractivity contribution is 7.13. The largest absolute Gasteiger partial charge is 0.370 e. The second kappa shape index (κ2) is 6.10. The number of nitrogens with zero attached hydrogens (tertiary/aromatic N) is 2. The van der Waals surface area contributed by atoms with E-state index in [1.54, 1.807) is 11.3 Å². The standard InChI is InChI=1S/C20H23N3S/c1-13-7-8-17(15(3)10-13)23-20-16(6-4-5-9-21-20)19(22-23)18-11-14(2)12-24-18/h7-8,10-12,21H,4-6,9H2,1-3H3. The number of hydrogen-bond acceptors (Lipinski definition) is 3. The molecule has 3 nitrogen and oxygen atoms in total. The molecular formula is C20H23N3S. The smallest absolute Gasteiger partial charge is 0.133 e. The number of nitrogens with one attached hydrogen (secondary N) is 1. The second-order valence-corrected chi connectivity index (χ2v) is 7.66. The van der Waals surface area contributed by atoms with Crippen molar-refractivity contribution in [1.29, 1.82) is 0 Å². The molecule has 0 aliphatic carbocycles. The van der Waals surface area contributed by atoms with Crippen LogP contribution in [0.1, 0.15) is 35.1 Å². The Hall–Kier alpha value is -2.07. The normalized spacial score (nSPS) is 14.1. The second-order valence-electron chi connectivity index (χ2n) is 6.75. The summed E-state index contributed by atoms with van der Waals surface area (Å²) in [4.78, 5) is 1.27. The van der Waals surface area contributed by atoms with Crippen LogP contribution in [-0.2, 0) is 6.42 Å². The predicted molar refractivity (Wildman–Crippen MR) is 103 cm³/mol. The Morgan fingerprint density at radius 3 is 2.71 bits per heavy atom. The molecule has 3 aromatic rings. The van der Waals surface area contributed by atoms with Gasteiger partial charge in [-0.2, -0.15) is 5.10 Å². The molecule has 1 N–H and O–H groups in total. The molecule has 0 saturated heterocycles. The third-order valence-electron chi connectivity index (χ3n) is 4.67. The van der Waals surface area contributed by atoms with Crippen LogP contribution in [0.5, 0.6) is 0 Å². The number of rotatable bonds is 2. The molecule has 1 aliphatic heterocycles. The Balaban J connectivity index is 1.92. The number of aryl methyl sites for hydroxylation is 3. The molecule has 0 bridgehead atoms. The first-order valence-corrected chi connectivity index (χ1v) is 9.50. The molecule has 0 saturated carbocycles. The molecule has 3 heterocycles. The van der Waals surface area contributed by atoms with E-state index in [2.05, 4.69) is 60.4 Å². The molecule has 4 rings (SSSR count). The maximum absolute atomic E-state index is 5.04. The van der Waals surface area contributed by atoms with Crippen molar-refractivity contribution in [3.8, 4) is 16.3 Å². The molecule has 4 heteroatoms. The van der Waals surface area contributed by atoms with Crippen LogP contribution in [0.3, 0.4) is 0 Å². The van der Waals surface area contributed by atoms with Gasteiger partial charge in [-0.3, -0.25) is 0 Å². The third-order valence-corrected chi connectivity index (χ3v) is 5.73. The van der Waals surface area contributed by atoms with Crippen molar-refractivity contribution >= 4 is 17.2 Å². The van der Waals surface area contributed by atoms with Gasteiger partial charge in [0.2, 0.25) is 0 Å². The zero-order valence-electron chi connectivity index (χ0n) is 14.5. The molecule has 24 heavy (non-hydrogen) atoms. The Morgan fingerprint density at radius 1 is 1.08 bits per heavy atom. The van der Waals surface area contributed by atoms with Crippen LogP contribution in [0, 0.1) is 20.8 Å². The number of hydrogen-bond donors (Lipinski definition) is 1. The van der Waals surface area contributed by atoms with E-state index in [1.165, 1.54) is 51.5 Å². The van der Waals surface area contributed by atoms with Gasteiger partial charge >= 0.3 is 0 Å². The van der Waals surface area contributed by atoms with Crippen molar-refractivity contribution in [3.05, 3.63) is 51.9 Å². The highest BCUT2D eigenvalue weighted by atomic mass is 32.1. The Bertz CT molecular complexity index is 888. The number of aromatic nitrogens is 2. The highest BCUT2D eigenvalue weighted by Gasteiger charge is 2.23. The molecule has 1 aromatic carbocycles. The predicted octanol–water partition coefficient (Wildman–Crippen LogP) is 5.27. The lowest BCUT2D eigenvalue weighted by Crippen LogP contribution is -2.08. The van der Waals surface area contributed by atoms with E-state index in [1.807, 2.05) is 0 Å². The van der Waals surface area contributed by atoms with Crippen LogP contribution in [0.2, 0.25) is 0 Å². The molecule has 0 unspecified atom stereocenters. The lowest BCUT2D eigenvalue weighted by molar-refractivity contribution is 0.780. The van der Waals surface area contributed by atoms with Gasteiger partial charge in [0.25, 0.3) is 0 Å². The minimum Gasteiger partial charge on any atom is -0.370 e. The molecule has 0 spiro atoms. The summed E-state index contributed by atoms with van der Waals surface area (Å²) in [6, 6.07) is 8.84. The van der Waals surface area contributed by atoms with Gasteiger partial charge in [-0.25, -0.2) is 4.68 Å². The summed E-state index contributed by atoms with van der Waals surface area (Å²) in [7, 11) is 0. The van der Waals surface area contributed by atoms with Gasteiger partial charge in [-0.05, 0) is 68.7 Å². The van der Waals surface area contributed by atoms with Crippen LogP contribution < -0.4 is 5.32 Å². The summed E-state index contributed by atoms with van der Waals surface area (Å²) in [6.45, 7) is 7.48. The minimum absolute atomic E-state index is 1.02. The van der Waals surface area contributed by atoms with Crippen LogP contribution in [0.4, 0.5) is 5.82 Å². The Kier molecular flexibility index (Phi) is 3.93. The first-order valence-electron chi connectivity index (χ1n) is 8.62. The quantitative estimate of drug-likeness (QED) is 0.690. The fourth-order valence-electron chi connectivity index (χ4n) is 3.47. The van der Waals surface area contributed by atoms with Crippen molar-refractivity contribution in [1.82, 2.24) is 9.78 Å². The fraction of sp³-hybridized carbons (Fsp3) is 0.350. The molecule has 0 atom stereocenters. The highest BCUT2D eigenvalue weighted by Crippen LogP contribution is 2.37. The van der Waals surface area contributed by atoms with Gasteiger partial charge in [0.05, 0.1) is 10.6 Å².